The molecule has 0 aliphatic rings. The maximum atomic E-state index is 11.8. The molecule has 1 N–H and O–H groups in total. The lowest BCUT2D eigenvalue weighted by atomic mass is 9.96. The highest BCUT2D eigenvalue weighted by Gasteiger charge is 2.09. The first kappa shape index (κ1) is 14.3. The van der Waals surface area contributed by atoms with Crippen LogP contribution in [0.1, 0.15) is 18.9 Å². The van der Waals surface area contributed by atoms with E-state index in [4.69, 9.17) is 0 Å². The highest BCUT2D eigenvalue weighted by Crippen LogP contribution is 2.34. The SMILES string of the molecule is CCC(=O)Nc1cccc2cccc(-c3ccc(C)cc3)c12. The predicted octanol–water partition coefficient (Wildman–Crippen LogP) is 5.16. The first-order chi connectivity index (χ1) is 10.7. The van der Waals surface area contributed by atoms with E-state index in [9.17, 15) is 4.79 Å². The number of benzene rings is 3. The lowest BCUT2D eigenvalue weighted by Crippen LogP contribution is -2.09. The number of hydrogen-bond acceptors (Lipinski definition) is 1. The molecule has 0 atom stereocenters. The summed E-state index contributed by atoms with van der Waals surface area (Å²) in [5.41, 5.74) is 4.42. The maximum Gasteiger partial charge on any atom is 0.224 e. The first-order valence-corrected chi connectivity index (χ1v) is 7.57. The van der Waals surface area contributed by atoms with E-state index in [-0.39, 0.29) is 5.91 Å². The van der Waals surface area contributed by atoms with Gasteiger partial charge in [0.15, 0.2) is 0 Å². The average molecular weight is 289 g/mol. The third-order valence-electron chi connectivity index (χ3n) is 3.86. The summed E-state index contributed by atoms with van der Waals surface area (Å²) in [6.45, 7) is 3.95. The maximum absolute atomic E-state index is 11.8. The van der Waals surface area contributed by atoms with Crippen molar-refractivity contribution >= 4 is 22.4 Å². The van der Waals surface area contributed by atoms with Gasteiger partial charge >= 0.3 is 0 Å². The van der Waals surface area contributed by atoms with Crippen molar-refractivity contribution in [2.24, 2.45) is 0 Å². The van der Waals surface area contributed by atoms with Crippen LogP contribution in [0.2, 0.25) is 0 Å². The highest BCUT2D eigenvalue weighted by atomic mass is 16.1. The summed E-state index contributed by atoms with van der Waals surface area (Å²) in [6, 6.07) is 20.7. The van der Waals surface area contributed by atoms with Crippen molar-refractivity contribution in [3.05, 3.63) is 66.2 Å². The molecular formula is C20H19NO. The molecule has 3 rings (SSSR count). The highest BCUT2D eigenvalue weighted by molar-refractivity contribution is 6.08. The third kappa shape index (κ3) is 2.73. The number of aryl methyl sites for hydroxylation is 1. The molecule has 0 spiro atoms. The molecule has 0 bridgehead atoms. The molecule has 0 saturated carbocycles. The topological polar surface area (TPSA) is 29.1 Å². The van der Waals surface area contributed by atoms with Gasteiger partial charge in [-0.3, -0.25) is 4.79 Å². The smallest absolute Gasteiger partial charge is 0.224 e. The number of anilines is 1. The molecule has 0 aliphatic heterocycles. The van der Waals surface area contributed by atoms with Crippen molar-refractivity contribution in [1.82, 2.24) is 0 Å². The molecule has 0 heterocycles. The Balaban J connectivity index is 2.21. The molecule has 2 nitrogen and oxygen atoms in total. The van der Waals surface area contributed by atoms with Crippen LogP contribution in [0.15, 0.2) is 60.7 Å². The minimum absolute atomic E-state index is 0.0335. The van der Waals surface area contributed by atoms with Crippen molar-refractivity contribution in [2.45, 2.75) is 20.3 Å². The van der Waals surface area contributed by atoms with Crippen molar-refractivity contribution in [1.29, 1.82) is 0 Å². The van der Waals surface area contributed by atoms with Gasteiger partial charge in [0, 0.05) is 17.5 Å². The van der Waals surface area contributed by atoms with E-state index >= 15 is 0 Å². The standard InChI is InChI=1S/C20H19NO/c1-3-19(22)21-18-9-5-7-16-6-4-8-17(20(16)18)15-12-10-14(2)11-13-15/h4-13H,3H2,1-2H3,(H,21,22). The van der Waals surface area contributed by atoms with E-state index in [1.807, 2.05) is 19.1 Å². The Hall–Kier alpha value is -2.61. The van der Waals surface area contributed by atoms with Gasteiger partial charge in [0.2, 0.25) is 5.91 Å². The largest absolute Gasteiger partial charge is 0.326 e. The molecule has 0 saturated heterocycles. The molecule has 0 fully saturated rings. The van der Waals surface area contributed by atoms with Gasteiger partial charge in [-0.2, -0.15) is 0 Å². The number of hydrogen-bond donors (Lipinski definition) is 1. The van der Waals surface area contributed by atoms with Crippen LogP contribution in [-0.4, -0.2) is 5.91 Å². The summed E-state index contributed by atoms with van der Waals surface area (Å²) in [4.78, 5) is 11.8. The minimum Gasteiger partial charge on any atom is -0.326 e. The van der Waals surface area contributed by atoms with Crippen LogP contribution >= 0.6 is 0 Å². The molecule has 0 aliphatic carbocycles. The number of rotatable bonds is 3. The summed E-state index contributed by atoms with van der Waals surface area (Å²) >= 11 is 0. The Morgan fingerprint density at radius 1 is 0.955 bits per heavy atom. The van der Waals surface area contributed by atoms with Gasteiger partial charge in [-0.05, 0) is 29.5 Å². The third-order valence-corrected chi connectivity index (χ3v) is 3.86. The second-order valence-corrected chi connectivity index (χ2v) is 5.48. The Morgan fingerprint density at radius 2 is 1.64 bits per heavy atom. The Bertz CT molecular complexity index is 813. The summed E-state index contributed by atoms with van der Waals surface area (Å²) < 4.78 is 0. The Labute approximate surface area is 130 Å². The number of nitrogens with one attached hydrogen (secondary N) is 1. The Morgan fingerprint density at radius 3 is 2.32 bits per heavy atom. The van der Waals surface area contributed by atoms with E-state index in [1.54, 1.807) is 0 Å². The summed E-state index contributed by atoms with van der Waals surface area (Å²) in [5, 5.41) is 5.24. The lowest BCUT2D eigenvalue weighted by molar-refractivity contribution is -0.115. The van der Waals surface area contributed by atoms with E-state index in [1.165, 1.54) is 5.56 Å². The number of fused-ring (bicyclic) bond motifs is 1. The molecule has 0 aromatic heterocycles. The quantitative estimate of drug-likeness (QED) is 0.708. The number of carbonyl (C=O) groups is 1. The summed E-state index contributed by atoms with van der Waals surface area (Å²) in [7, 11) is 0. The fourth-order valence-corrected chi connectivity index (χ4v) is 2.66. The van der Waals surface area contributed by atoms with Gasteiger partial charge in [0.25, 0.3) is 0 Å². The van der Waals surface area contributed by atoms with Crippen molar-refractivity contribution in [3.8, 4) is 11.1 Å². The molecule has 1 amide bonds. The van der Waals surface area contributed by atoms with Crippen LogP contribution in [-0.2, 0) is 4.79 Å². The van der Waals surface area contributed by atoms with Gasteiger partial charge in [-0.15, -0.1) is 0 Å². The number of carbonyl (C=O) groups excluding carboxylic acids is 1. The van der Waals surface area contributed by atoms with Gasteiger partial charge in [0.05, 0.1) is 0 Å². The normalized spacial score (nSPS) is 10.6. The molecule has 110 valence electrons. The fraction of sp³-hybridized carbons (Fsp3) is 0.150. The van der Waals surface area contributed by atoms with Crippen LogP contribution in [0.3, 0.4) is 0 Å². The van der Waals surface area contributed by atoms with Crippen molar-refractivity contribution in [3.63, 3.8) is 0 Å². The zero-order valence-electron chi connectivity index (χ0n) is 12.9. The van der Waals surface area contributed by atoms with E-state index in [2.05, 4.69) is 60.8 Å². The van der Waals surface area contributed by atoms with Crippen molar-refractivity contribution < 1.29 is 4.79 Å². The van der Waals surface area contributed by atoms with E-state index in [0.29, 0.717) is 6.42 Å². The fourth-order valence-electron chi connectivity index (χ4n) is 2.66. The van der Waals surface area contributed by atoms with Crippen LogP contribution < -0.4 is 5.32 Å². The molecule has 2 heteroatoms. The molecule has 22 heavy (non-hydrogen) atoms. The van der Waals surface area contributed by atoms with Crippen LogP contribution in [0.4, 0.5) is 5.69 Å². The second-order valence-electron chi connectivity index (χ2n) is 5.48. The van der Waals surface area contributed by atoms with Crippen LogP contribution in [0.25, 0.3) is 21.9 Å². The van der Waals surface area contributed by atoms with Gasteiger partial charge in [-0.1, -0.05) is 67.1 Å². The number of amides is 1. The van der Waals surface area contributed by atoms with E-state index in [0.717, 1.165) is 27.6 Å². The molecule has 0 radical (unpaired) electrons. The van der Waals surface area contributed by atoms with E-state index < -0.39 is 0 Å². The first-order valence-electron chi connectivity index (χ1n) is 7.57. The monoisotopic (exact) mass is 289 g/mol. The lowest BCUT2D eigenvalue weighted by Gasteiger charge is -2.13. The van der Waals surface area contributed by atoms with Crippen LogP contribution in [0.5, 0.6) is 0 Å². The second kappa shape index (κ2) is 6.02. The predicted molar refractivity (Wildman–Crippen MR) is 93.0 cm³/mol. The zero-order valence-corrected chi connectivity index (χ0v) is 12.9. The van der Waals surface area contributed by atoms with Crippen molar-refractivity contribution in [2.75, 3.05) is 5.32 Å². The molecule has 0 unspecified atom stereocenters. The molecular weight excluding hydrogens is 270 g/mol. The van der Waals surface area contributed by atoms with Gasteiger partial charge < -0.3 is 5.32 Å². The molecule has 3 aromatic carbocycles. The summed E-state index contributed by atoms with van der Waals surface area (Å²) in [6.07, 6.45) is 0.475. The molecule has 3 aromatic rings. The average Bonchev–Trinajstić information content (AvgIpc) is 2.55. The van der Waals surface area contributed by atoms with Gasteiger partial charge in [-0.25, -0.2) is 0 Å². The zero-order chi connectivity index (χ0) is 15.5. The minimum atomic E-state index is 0.0335. The summed E-state index contributed by atoms with van der Waals surface area (Å²) in [5.74, 6) is 0.0335. The Kier molecular flexibility index (Phi) is 3.92. The van der Waals surface area contributed by atoms with Gasteiger partial charge in [0.1, 0.15) is 0 Å². The van der Waals surface area contributed by atoms with Crippen LogP contribution in [0, 0.1) is 6.92 Å².